The van der Waals surface area contributed by atoms with Crippen molar-refractivity contribution >= 4 is 22.4 Å². The van der Waals surface area contributed by atoms with Crippen molar-refractivity contribution in [2.45, 2.75) is 13.0 Å². The fourth-order valence-electron chi connectivity index (χ4n) is 3.56. The molecule has 2 N–H and O–H groups in total. The van der Waals surface area contributed by atoms with Crippen LogP contribution < -0.4 is 5.32 Å². The first-order valence-electron chi connectivity index (χ1n) is 10.1. The van der Waals surface area contributed by atoms with E-state index in [0.717, 1.165) is 41.2 Å². The Labute approximate surface area is 179 Å². The van der Waals surface area contributed by atoms with Crippen LogP contribution in [0.15, 0.2) is 84.5 Å². The van der Waals surface area contributed by atoms with Gasteiger partial charge in [0.15, 0.2) is 0 Å². The van der Waals surface area contributed by atoms with Crippen LogP contribution in [0.3, 0.4) is 0 Å². The second-order valence-electron chi connectivity index (χ2n) is 7.28. The van der Waals surface area contributed by atoms with Crippen LogP contribution in [-0.4, -0.2) is 21.5 Å². The summed E-state index contributed by atoms with van der Waals surface area (Å²) in [5.74, 6) is 0.932. The first-order chi connectivity index (χ1) is 14.8. The normalized spacial score (nSPS) is 11.2. The molecule has 5 heteroatoms. The highest BCUT2D eigenvalue weighted by Gasteiger charge is 2.09. The predicted molar refractivity (Wildman–Crippen MR) is 124 cm³/mol. The van der Waals surface area contributed by atoms with Crippen molar-refractivity contribution in [2.24, 2.45) is 0 Å². The Bertz CT molecular complexity index is 1220. The van der Waals surface area contributed by atoms with Crippen LogP contribution in [0.1, 0.15) is 11.1 Å². The van der Waals surface area contributed by atoms with Gasteiger partial charge in [-0.1, -0.05) is 30.3 Å². The van der Waals surface area contributed by atoms with E-state index in [2.05, 4.69) is 69.2 Å². The van der Waals surface area contributed by atoms with Crippen LogP contribution >= 0.6 is 11.3 Å². The maximum atomic E-state index is 4.72. The van der Waals surface area contributed by atoms with Gasteiger partial charge in [0.25, 0.3) is 0 Å². The van der Waals surface area contributed by atoms with Crippen LogP contribution in [0.2, 0.25) is 0 Å². The number of imidazole rings is 1. The fourth-order valence-corrected chi connectivity index (χ4v) is 4.42. The summed E-state index contributed by atoms with van der Waals surface area (Å²) in [5, 5.41) is 5.75. The first-order valence-corrected chi connectivity index (χ1v) is 11.0. The van der Waals surface area contributed by atoms with Crippen LogP contribution in [-0.2, 0) is 13.0 Å². The lowest BCUT2D eigenvalue weighted by atomic mass is 10.1. The van der Waals surface area contributed by atoms with Gasteiger partial charge in [-0.05, 0) is 77.0 Å². The van der Waals surface area contributed by atoms with Gasteiger partial charge in [-0.15, -0.1) is 11.3 Å². The quantitative estimate of drug-likeness (QED) is 0.339. The van der Waals surface area contributed by atoms with E-state index in [1.54, 1.807) is 11.3 Å². The van der Waals surface area contributed by atoms with Crippen molar-refractivity contribution < 1.29 is 0 Å². The molecule has 3 heterocycles. The van der Waals surface area contributed by atoms with E-state index in [1.165, 1.54) is 22.3 Å². The maximum absolute atomic E-state index is 4.72. The molecule has 0 unspecified atom stereocenters. The van der Waals surface area contributed by atoms with Crippen molar-refractivity contribution in [3.63, 3.8) is 0 Å². The summed E-state index contributed by atoms with van der Waals surface area (Å²) in [7, 11) is 0. The van der Waals surface area contributed by atoms with Gasteiger partial charge < -0.3 is 10.3 Å². The van der Waals surface area contributed by atoms with Crippen LogP contribution in [0.25, 0.3) is 32.9 Å². The number of thiophene rings is 1. The Hall–Kier alpha value is -3.28. The van der Waals surface area contributed by atoms with E-state index >= 15 is 0 Å². The van der Waals surface area contributed by atoms with E-state index < -0.39 is 0 Å². The fraction of sp³-hybridized carbons (Fsp3) is 0.120. The number of H-pyrrole nitrogens is 1. The van der Waals surface area contributed by atoms with Crippen LogP contribution in [0, 0.1) is 0 Å². The zero-order valence-electron chi connectivity index (χ0n) is 16.5. The highest BCUT2D eigenvalue weighted by Crippen LogP contribution is 2.32. The molecule has 0 fully saturated rings. The lowest BCUT2D eigenvalue weighted by molar-refractivity contribution is 0.687. The van der Waals surface area contributed by atoms with E-state index in [4.69, 9.17) is 4.98 Å². The summed E-state index contributed by atoms with van der Waals surface area (Å²) in [4.78, 5) is 13.4. The lowest BCUT2D eigenvalue weighted by Gasteiger charge is -2.07. The highest BCUT2D eigenvalue weighted by molar-refractivity contribution is 7.13. The molecule has 0 spiro atoms. The molecule has 0 aliphatic carbocycles. The summed E-state index contributed by atoms with van der Waals surface area (Å²) >= 11 is 1.72. The van der Waals surface area contributed by atoms with E-state index in [9.17, 15) is 0 Å². The SMILES string of the molecule is c1cc(CNCCc2ccncc2)cc(-c2csc(-c3nc4ccccc4[nH]3)c2)c1. The number of para-hydroxylation sites is 2. The third-order valence-corrected chi connectivity index (χ3v) is 6.09. The van der Waals surface area contributed by atoms with Crippen molar-refractivity contribution in [1.29, 1.82) is 0 Å². The number of aromatic nitrogens is 3. The maximum Gasteiger partial charge on any atom is 0.148 e. The Kier molecular flexibility index (Phi) is 5.38. The molecular weight excluding hydrogens is 388 g/mol. The average molecular weight is 411 g/mol. The molecule has 0 amide bonds. The minimum atomic E-state index is 0.861. The second kappa shape index (κ2) is 8.61. The van der Waals surface area contributed by atoms with Crippen molar-refractivity contribution in [2.75, 3.05) is 6.54 Å². The lowest BCUT2D eigenvalue weighted by Crippen LogP contribution is -2.16. The molecular formula is C25H22N4S. The molecule has 148 valence electrons. The molecule has 0 bridgehead atoms. The summed E-state index contributed by atoms with van der Waals surface area (Å²) in [5.41, 5.74) is 7.14. The summed E-state index contributed by atoms with van der Waals surface area (Å²) < 4.78 is 0. The Morgan fingerprint density at radius 2 is 1.77 bits per heavy atom. The second-order valence-corrected chi connectivity index (χ2v) is 8.20. The number of rotatable bonds is 7. The molecule has 2 aromatic carbocycles. The van der Waals surface area contributed by atoms with Gasteiger partial charge in [-0.3, -0.25) is 4.98 Å². The minimum absolute atomic E-state index is 0.861. The van der Waals surface area contributed by atoms with Gasteiger partial charge >= 0.3 is 0 Å². The zero-order valence-corrected chi connectivity index (χ0v) is 17.3. The number of fused-ring (bicyclic) bond motifs is 1. The molecule has 0 radical (unpaired) electrons. The predicted octanol–water partition coefficient (Wildman–Crippen LogP) is 5.69. The molecule has 0 aliphatic heterocycles. The molecule has 4 nitrogen and oxygen atoms in total. The number of aromatic amines is 1. The molecule has 0 saturated carbocycles. The molecule has 3 aromatic heterocycles. The van der Waals surface area contributed by atoms with Gasteiger partial charge in [0.05, 0.1) is 15.9 Å². The Morgan fingerprint density at radius 1 is 0.867 bits per heavy atom. The summed E-state index contributed by atoms with van der Waals surface area (Å²) in [6, 6.07) is 23.2. The van der Waals surface area contributed by atoms with E-state index in [1.807, 2.05) is 30.6 Å². The number of hydrogen-bond acceptors (Lipinski definition) is 4. The highest BCUT2D eigenvalue weighted by atomic mass is 32.1. The van der Waals surface area contributed by atoms with Gasteiger partial charge in [-0.25, -0.2) is 4.98 Å². The Morgan fingerprint density at radius 3 is 2.67 bits per heavy atom. The monoisotopic (exact) mass is 410 g/mol. The molecule has 0 saturated heterocycles. The average Bonchev–Trinajstić information content (AvgIpc) is 3.45. The number of nitrogens with one attached hydrogen (secondary N) is 2. The molecule has 30 heavy (non-hydrogen) atoms. The van der Waals surface area contributed by atoms with Crippen LogP contribution in [0.5, 0.6) is 0 Å². The number of hydrogen-bond donors (Lipinski definition) is 2. The van der Waals surface area contributed by atoms with E-state index in [-0.39, 0.29) is 0 Å². The molecule has 0 aliphatic rings. The smallest absolute Gasteiger partial charge is 0.148 e. The van der Waals surface area contributed by atoms with Gasteiger partial charge in [0, 0.05) is 18.9 Å². The number of pyridine rings is 1. The minimum Gasteiger partial charge on any atom is -0.337 e. The molecule has 5 rings (SSSR count). The van der Waals surface area contributed by atoms with Gasteiger partial charge in [0.2, 0.25) is 0 Å². The largest absolute Gasteiger partial charge is 0.337 e. The van der Waals surface area contributed by atoms with Gasteiger partial charge in [0.1, 0.15) is 5.82 Å². The third-order valence-electron chi connectivity index (χ3n) is 5.15. The van der Waals surface area contributed by atoms with Crippen molar-refractivity contribution in [3.8, 4) is 21.8 Å². The standard InChI is InChI=1S/C25H22N4S/c1-2-7-23-22(6-1)28-25(29-23)24-15-21(17-30-24)20-5-3-4-19(14-20)16-27-13-10-18-8-11-26-12-9-18/h1-9,11-12,14-15,17,27H,10,13,16H2,(H,28,29). The van der Waals surface area contributed by atoms with Crippen molar-refractivity contribution in [3.05, 3.63) is 95.6 Å². The topological polar surface area (TPSA) is 53.6 Å². The summed E-state index contributed by atoms with van der Waals surface area (Å²) in [6.07, 6.45) is 4.70. The van der Waals surface area contributed by atoms with E-state index in [0.29, 0.717) is 0 Å². The van der Waals surface area contributed by atoms with Crippen LogP contribution in [0.4, 0.5) is 0 Å². The molecule has 0 atom stereocenters. The molecule has 5 aromatic rings. The number of benzene rings is 2. The zero-order chi connectivity index (χ0) is 20.2. The summed E-state index contributed by atoms with van der Waals surface area (Å²) in [6.45, 7) is 1.81. The number of nitrogens with zero attached hydrogens (tertiary/aromatic N) is 2. The van der Waals surface area contributed by atoms with Crippen molar-refractivity contribution in [1.82, 2.24) is 20.3 Å². The first kappa shape index (κ1) is 18.7. The Balaban J connectivity index is 1.26. The van der Waals surface area contributed by atoms with Gasteiger partial charge in [-0.2, -0.15) is 0 Å². The third kappa shape index (κ3) is 4.17.